The number of carboxylic acids is 1. The van der Waals surface area contributed by atoms with Gasteiger partial charge in [0.25, 0.3) is 0 Å². The number of carbonyl (C=O) groups excluding carboxylic acids is 1. The second kappa shape index (κ2) is 6.90. The Morgan fingerprint density at radius 1 is 1.29 bits per heavy atom. The van der Waals surface area contributed by atoms with E-state index in [1.54, 1.807) is 6.07 Å². The number of benzene rings is 1. The van der Waals surface area contributed by atoms with E-state index in [0.717, 1.165) is 11.3 Å². The minimum Gasteiger partial charge on any atom is -0.477 e. The lowest BCUT2D eigenvalue weighted by Crippen LogP contribution is -2.14. The number of hydrogen-bond donors (Lipinski definition) is 2. The second-order valence-corrected chi connectivity index (χ2v) is 5.38. The van der Waals surface area contributed by atoms with Gasteiger partial charge in [0.05, 0.1) is 5.75 Å². The SMILES string of the molecule is Cc1ccccc1NC(=O)CSc1ccnc(C(=O)O)c1. The summed E-state index contributed by atoms with van der Waals surface area (Å²) in [5.41, 5.74) is 1.75. The molecule has 1 aromatic carbocycles. The molecule has 0 aliphatic rings. The van der Waals surface area contributed by atoms with Gasteiger partial charge in [-0.3, -0.25) is 4.79 Å². The van der Waals surface area contributed by atoms with E-state index in [1.165, 1.54) is 24.0 Å². The summed E-state index contributed by atoms with van der Waals surface area (Å²) < 4.78 is 0. The van der Waals surface area contributed by atoms with Crippen LogP contribution in [-0.2, 0) is 4.79 Å². The number of anilines is 1. The van der Waals surface area contributed by atoms with Gasteiger partial charge in [0.15, 0.2) is 0 Å². The highest BCUT2D eigenvalue weighted by atomic mass is 32.2. The maximum Gasteiger partial charge on any atom is 0.354 e. The summed E-state index contributed by atoms with van der Waals surface area (Å²) >= 11 is 1.27. The molecular weight excluding hydrogens is 288 g/mol. The highest BCUT2D eigenvalue weighted by Gasteiger charge is 2.08. The fraction of sp³-hybridized carbons (Fsp3) is 0.133. The van der Waals surface area contributed by atoms with Gasteiger partial charge in [0.2, 0.25) is 5.91 Å². The van der Waals surface area contributed by atoms with Crippen molar-refractivity contribution in [2.24, 2.45) is 0 Å². The molecule has 0 saturated carbocycles. The molecular formula is C15H14N2O3S. The lowest BCUT2D eigenvalue weighted by atomic mass is 10.2. The fourth-order valence-corrected chi connectivity index (χ4v) is 2.39. The van der Waals surface area contributed by atoms with E-state index in [0.29, 0.717) is 4.90 Å². The lowest BCUT2D eigenvalue weighted by molar-refractivity contribution is -0.113. The van der Waals surface area contributed by atoms with Gasteiger partial charge in [0, 0.05) is 16.8 Å². The van der Waals surface area contributed by atoms with Gasteiger partial charge in [-0.05, 0) is 30.7 Å². The summed E-state index contributed by atoms with van der Waals surface area (Å²) in [6.07, 6.45) is 1.42. The van der Waals surface area contributed by atoms with E-state index in [-0.39, 0.29) is 17.4 Å². The number of thioether (sulfide) groups is 1. The van der Waals surface area contributed by atoms with Gasteiger partial charge >= 0.3 is 5.97 Å². The Morgan fingerprint density at radius 3 is 2.76 bits per heavy atom. The third-order valence-electron chi connectivity index (χ3n) is 2.74. The Kier molecular flexibility index (Phi) is 4.94. The number of para-hydroxylation sites is 1. The molecule has 0 bridgehead atoms. The Morgan fingerprint density at radius 2 is 2.05 bits per heavy atom. The first-order chi connectivity index (χ1) is 10.1. The topological polar surface area (TPSA) is 79.3 Å². The molecule has 1 aromatic heterocycles. The second-order valence-electron chi connectivity index (χ2n) is 4.33. The average molecular weight is 302 g/mol. The summed E-state index contributed by atoms with van der Waals surface area (Å²) in [7, 11) is 0. The van der Waals surface area contributed by atoms with Crippen molar-refractivity contribution in [3.63, 3.8) is 0 Å². The predicted octanol–water partition coefficient (Wildman–Crippen LogP) is 2.82. The molecule has 6 heteroatoms. The summed E-state index contributed by atoms with van der Waals surface area (Å²) in [5.74, 6) is -1.01. The number of aromatic nitrogens is 1. The molecule has 0 aliphatic heterocycles. The van der Waals surface area contributed by atoms with Crippen LogP contribution in [0.3, 0.4) is 0 Å². The zero-order valence-electron chi connectivity index (χ0n) is 11.4. The number of aryl methyl sites for hydroxylation is 1. The van der Waals surface area contributed by atoms with Crippen LogP contribution in [0, 0.1) is 6.92 Å². The summed E-state index contributed by atoms with van der Waals surface area (Å²) in [4.78, 5) is 27.1. The standard InChI is InChI=1S/C15H14N2O3S/c1-10-4-2-3-5-12(10)17-14(18)9-21-11-6-7-16-13(8-11)15(19)20/h2-8H,9H2,1H3,(H,17,18)(H,19,20). The highest BCUT2D eigenvalue weighted by Crippen LogP contribution is 2.19. The zero-order valence-corrected chi connectivity index (χ0v) is 12.2. The van der Waals surface area contributed by atoms with Crippen LogP contribution in [0.4, 0.5) is 5.69 Å². The van der Waals surface area contributed by atoms with Crippen molar-refractivity contribution in [2.45, 2.75) is 11.8 Å². The van der Waals surface area contributed by atoms with E-state index in [2.05, 4.69) is 10.3 Å². The molecule has 0 saturated heterocycles. The van der Waals surface area contributed by atoms with E-state index >= 15 is 0 Å². The number of nitrogens with one attached hydrogen (secondary N) is 1. The predicted molar refractivity (Wildman–Crippen MR) is 81.7 cm³/mol. The smallest absolute Gasteiger partial charge is 0.354 e. The average Bonchev–Trinajstić information content (AvgIpc) is 2.48. The van der Waals surface area contributed by atoms with Crippen LogP contribution in [0.5, 0.6) is 0 Å². The number of nitrogens with zero attached hydrogens (tertiary/aromatic N) is 1. The molecule has 0 fully saturated rings. The number of carbonyl (C=O) groups is 2. The van der Waals surface area contributed by atoms with Crippen LogP contribution in [0.25, 0.3) is 0 Å². The number of pyridine rings is 1. The third kappa shape index (κ3) is 4.32. The van der Waals surface area contributed by atoms with E-state index in [9.17, 15) is 9.59 Å². The molecule has 108 valence electrons. The Bertz CT molecular complexity index is 673. The number of hydrogen-bond acceptors (Lipinski definition) is 4. The zero-order chi connectivity index (χ0) is 15.2. The van der Waals surface area contributed by atoms with Crippen molar-refractivity contribution in [2.75, 3.05) is 11.1 Å². The van der Waals surface area contributed by atoms with Crippen molar-refractivity contribution in [3.8, 4) is 0 Å². The Balaban J connectivity index is 1.94. The van der Waals surface area contributed by atoms with Crippen LogP contribution in [0.15, 0.2) is 47.5 Å². The van der Waals surface area contributed by atoms with Crippen molar-refractivity contribution < 1.29 is 14.7 Å². The molecule has 21 heavy (non-hydrogen) atoms. The molecule has 0 aliphatic carbocycles. The van der Waals surface area contributed by atoms with E-state index in [1.807, 2.05) is 31.2 Å². The molecule has 0 spiro atoms. The van der Waals surface area contributed by atoms with Crippen LogP contribution in [-0.4, -0.2) is 27.7 Å². The largest absolute Gasteiger partial charge is 0.477 e. The third-order valence-corrected chi connectivity index (χ3v) is 3.73. The quantitative estimate of drug-likeness (QED) is 0.830. The minimum absolute atomic E-state index is 0.0284. The summed E-state index contributed by atoms with van der Waals surface area (Å²) in [6, 6.07) is 10.7. The molecule has 1 amide bonds. The number of rotatable bonds is 5. The maximum absolute atomic E-state index is 11.9. The van der Waals surface area contributed by atoms with Crippen molar-refractivity contribution in [1.82, 2.24) is 4.98 Å². The lowest BCUT2D eigenvalue weighted by Gasteiger charge is -2.08. The van der Waals surface area contributed by atoms with Crippen molar-refractivity contribution in [1.29, 1.82) is 0 Å². The Hall–Kier alpha value is -2.34. The molecule has 2 aromatic rings. The molecule has 0 unspecified atom stereocenters. The summed E-state index contributed by atoms with van der Waals surface area (Å²) in [5, 5.41) is 11.7. The fourth-order valence-electron chi connectivity index (χ4n) is 1.67. The van der Waals surface area contributed by atoms with E-state index < -0.39 is 5.97 Å². The van der Waals surface area contributed by atoms with Crippen LogP contribution in [0.1, 0.15) is 16.1 Å². The first-order valence-electron chi connectivity index (χ1n) is 6.24. The first kappa shape index (κ1) is 15.1. The van der Waals surface area contributed by atoms with Gasteiger partial charge in [0.1, 0.15) is 5.69 Å². The van der Waals surface area contributed by atoms with Crippen molar-refractivity contribution in [3.05, 3.63) is 53.9 Å². The monoisotopic (exact) mass is 302 g/mol. The molecule has 5 nitrogen and oxygen atoms in total. The molecule has 0 radical (unpaired) electrons. The number of amides is 1. The van der Waals surface area contributed by atoms with Gasteiger partial charge < -0.3 is 10.4 Å². The van der Waals surface area contributed by atoms with Crippen molar-refractivity contribution >= 4 is 29.3 Å². The Labute approximate surface area is 126 Å². The van der Waals surface area contributed by atoms with E-state index in [4.69, 9.17) is 5.11 Å². The maximum atomic E-state index is 11.9. The van der Waals surface area contributed by atoms with Gasteiger partial charge in [-0.25, -0.2) is 9.78 Å². The van der Waals surface area contributed by atoms with Crippen LogP contribution >= 0.6 is 11.8 Å². The van der Waals surface area contributed by atoms with Gasteiger partial charge in [-0.15, -0.1) is 11.8 Å². The van der Waals surface area contributed by atoms with Crippen LogP contribution < -0.4 is 5.32 Å². The minimum atomic E-state index is -1.08. The molecule has 2 N–H and O–H groups in total. The highest BCUT2D eigenvalue weighted by molar-refractivity contribution is 8.00. The number of aromatic carboxylic acids is 1. The normalized spacial score (nSPS) is 10.1. The first-order valence-corrected chi connectivity index (χ1v) is 7.22. The molecule has 2 rings (SSSR count). The van der Waals surface area contributed by atoms with Crippen LogP contribution in [0.2, 0.25) is 0 Å². The van der Waals surface area contributed by atoms with Gasteiger partial charge in [-0.2, -0.15) is 0 Å². The van der Waals surface area contributed by atoms with Gasteiger partial charge in [-0.1, -0.05) is 18.2 Å². The summed E-state index contributed by atoms with van der Waals surface area (Å²) in [6.45, 7) is 1.92. The molecule has 0 atom stereocenters. The number of carboxylic acid groups (broad SMARTS) is 1. The molecule has 1 heterocycles.